The van der Waals surface area contributed by atoms with Gasteiger partial charge in [0.05, 0.1) is 12.1 Å². The number of fused-ring (bicyclic) bond motifs is 1. The molecule has 2 aromatic rings. The van der Waals surface area contributed by atoms with E-state index in [2.05, 4.69) is 9.97 Å². The van der Waals surface area contributed by atoms with E-state index in [0.29, 0.717) is 9.34 Å². The molecule has 9 heteroatoms. The SMILES string of the molecule is O=C1c2cccnc2S(=O)(=O)N1Cc1cnc(Cl)s1. The Bertz CT molecular complexity index is 772. The highest BCUT2D eigenvalue weighted by molar-refractivity contribution is 7.90. The number of carbonyl (C=O) groups excluding carboxylic acids is 1. The van der Waals surface area contributed by atoms with Gasteiger partial charge in [0.25, 0.3) is 15.9 Å². The van der Waals surface area contributed by atoms with Gasteiger partial charge in [-0.2, -0.15) is 8.42 Å². The van der Waals surface area contributed by atoms with Gasteiger partial charge in [-0.15, -0.1) is 11.3 Å². The summed E-state index contributed by atoms with van der Waals surface area (Å²) in [7, 11) is -3.88. The van der Waals surface area contributed by atoms with Crippen LogP contribution < -0.4 is 0 Å². The van der Waals surface area contributed by atoms with Crippen LogP contribution >= 0.6 is 22.9 Å². The van der Waals surface area contributed by atoms with E-state index in [-0.39, 0.29) is 17.1 Å². The minimum atomic E-state index is -3.88. The number of rotatable bonds is 2. The third-order valence-corrected chi connectivity index (χ3v) is 5.38. The molecule has 0 radical (unpaired) electrons. The van der Waals surface area contributed by atoms with Crippen molar-refractivity contribution in [2.24, 2.45) is 0 Å². The summed E-state index contributed by atoms with van der Waals surface area (Å²) >= 11 is 6.82. The van der Waals surface area contributed by atoms with Crippen molar-refractivity contribution in [1.82, 2.24) is 14.3 Å². The summed E-state index contributed by atoms with van der Waals surface area (Å²) in [5.74, 6) is -0.576. The van der Waals surface area contributed by atoms with Crippen LogP contribution in [-0.2, 0) is 16.6 Å². The maximum atomic E-state index is 12.2. The predicted molar refractivity (Wildman–Crippen MR) is 68.4 cm³/mol. The van der Waals surface area contributed by atoms with Crippen LogP contribution in [0.2, 0.25) is 4.47 Å². The second kappa shape index (κ2) is 4.26. The second-order valence-electron chi connectivity index (χ2n) is 3.75. The van der Waals surface area contributed by atoms with E-state index in [4.69, 9.17) is 11.6 Å². The second-order valence-corrected chi connectivity index (χ2v) is 7.23. The number of thiazole rings is 1. The monoisotopic (exact) mass is 315 g/mol. The summed E-state index contributed by atoms with van der Waals surface area (Å²) in [4.78, 5) is 20.3. The average Bonchev–Trinajstić information content (AvgIpc) is 2.87. The molecule has 0 atom stereocenters. The fourth-order valence-electron chi connectivity index (χ4n) is 1.76. The average molecular weight is 316 g/mol. The molecule has 6 nitrogen and oxygen atoms in total. The van der Waals surface area contributed by atoms with Crippen LogP contribution in [0.15, 0.2) is 29.6 Å². The minimum Gasteiger partial charge on any atom is -0.268 e. The third-order valence-electron chi connectivity index (χ3n) is 2.59. The fraction of sp³-hybridized carbons (Fsp3) is 0.100. The summed E-state index contributed by atoms with van der Waals surface area (Å²) in [6.07, 6.45) is 2.79. The molecule has 0 spiro atoms. The molecule has 0 N–H and O–H groups in total. The number of carbonyl (C=O) groups is 1. The standard InChI is InChI=1S/C10H6ClN3O3S2/c11-10-13-4-6(18-10)5-14-9(15)7-2-1-3-12-8(7)19(14,16)17/h1-4H,5H2. The third kappa shape index (κ3) is 1.92. The van der Waals surface area contributed by atoms with Crippen molar-refractivity contribution in [3.8, 4) is 0 Å². The lowest BCUT2D eigenvalue weighted by Crippen LogP contribution is -2.29. The van der Waals surface area contributed by atoms with Gasteiger partial charge in [-0.25, -0.2) is 14.3 Å². The van der Waals surface area contributed by atoms with Crippen molar-refractivity contribution in [2.45, 2.75) is 11.6 Å². The lowest BCUT2D eigenvalue weighted by molar-refractivity contribution is 0.0865. The summed E-state index contributed by atoms with van der Waals surface area (Å²) in [5, 5.41) is -0.199. The molecule has 0 aromatic carbocycles. The van der Waals surface area contributed by atoms with Crippen molar-refractivity contribution in [3.05, 3.63) is 39.4 Å². The molecule has 0 bridgehead atoms. The Hall–Kier alpha value is -1.51. The largest absolute Gasteiger partial charge is 0.285 e. The quantitative estimate of drug-likeness (QED) is 0.839. The first-order chi connectivity index (χ1) is 9.00. The number of sulfonamides is 1. The molecule has 3 rings (SSSR count). The van der Waals surface area contributed by atoms with Crippen LogP contribution in [0.25, 0.3) is 0 Å². The van der Waals surface area contributed by atoms with Gasteiger partial charge in [0.2, 0.25) is 0 Å². The molecule has 1 aliphatic rings. The molecule has 1 aliphatic heterocycles. The highest BCUT2D eigenvalue weighted by atomic mass is 35.5. The van der Waals surface area contributed by atoms with Crippen molar-refractivity contribution < 1.29 is 13.2 Å². The molecule has 1 amide bonds. The van der Waals surface area contributed by atoms with E-state index in [9.17, 15) is 13.2 Å². The van der Waals surface area contributed by atoms with Crippen molar-refractivity contribution in [3.63, 3.8) is 0 Å². The normalized spacial score (nSPS) is 16.7. The van der Waals surface area contributed by atoms with Gasteiger partial charge in [0, 0.05) is 17.3 Å². The summed E-state index contributed by atoms with van der Waals surface area (Å²) < 4.78 is 25.5. The van der Waals surface area contributed by atoms with Gasteiger partial charge < -0.3 is 0 Å². The van der Waals surface area contributed by atoms with Crippen molar-refractivity contribution in [2.75, 3.05) is 0 Å². The molecule has 3 heterocycles. The van der Waals surface area contributed by atoms with Gasteiger partial charge >= 0.3 is 0 Å². The summed E-state index contributed by atoms with van der Waals surface area (Å²) in [6.45, 7) is -0.0814. The zero-order valence-electron chi connectivity index (χ0n) is 9.28. The number of aromatic nitrogens is 2. The van der Waals surface area contributed by atoms with Gasteiger partial charge in [0.15, 0.2) is 9.49 Å². The van der Waals surface area contributed by atoms with Crippen LogP contribution in [0.5, 0.6) is 0 Å². The zero-order valence-corrected chi connectivity index (χ0v) is 11.7. The van der Waals surface area contributed by atoms with Gasteiger partial charge in [0.1, 0.15) is 0 Å². The highest BCUT2D eigenvalue weighted by Crippen LogP contribution is 2.31. The Morgan fingerprint density at radius 1 is 1.37 bits per heavy atom. The van der Waals surface area contributed by atoms with E-state index < -0.39 is 15.9 Å². The summed E-state index contributed by atoms with van der Waals surface area (Å²) in [6, 6.07) is 2.97. The van der Waals surface area contributed by atoms with E-state index in [0.717, 1.165) is 15.6 Å². The molecule has 0 fully saturated rings. The molecule has 2 aromatic heterocycles. The number of pyridine rings is 1. The van der Waals surface area contributed by atoms with Gasteiger partial charge in [-0.05, 0) is 12.1 Å². The topological polar surface area (TPSA) is 80.2 Å². The number of amides is 1. The van der Waals surface area contributed by atoms with E-state index in [1.807, 2.05) is 0 Å². The van der Waals surface area contributed by atoms with Crippen molar-refractivity contribution in [1.29, 1.82) is 0 Å². The smallest absolute Gasteiger partial charge is 0.268 e. The molecular formula is C10H6ClN3O3S2. The molecule has 0 aliphatic carbocycles. The molecule has 98 valence electrons. The minimum absolute atomic E-state index is 0.0814. The van der Waals surface area contributed by atoms with E-state index in [1.54, 1.807) is 0 Å². The number of halogens is 1. The Morgan fingerprint density at radius 2 is 2.16 bits per heavy atom. The Balaban J connectivity index is 2.03. The fourth-order valence-corrected chi connectivity index (χ4v) is 4.27. The predicted octanol–water partition coefficient (Wildman–Crippen LogP) is 1.54. The molecular weight excluding hydrogens is 310 g/mol. The van der Waals surface area contributed by atoms with Crippen LogP contribution in [0.1, 0.15) is 15.2 Å². The first kappa shape index (κ1) is 12.5. The Kier molecular flexibility index (Phi) is 2.80. The Labute approximate surface area is 117 Å². The van der Waals surface area contributed by atoms with Crippen LogP contribution in [-0.4, -0.2) is 28.6 Å². The summed E-state index contributed by atoms with van der Waals surface area (Å²) in [5.41, 5.74) is 0.0955. The van der Waals surface area contributed by atoms with Crippen LogP contribution in [0.4, 0.5) is 0 Å². The molecule has 19 heavy (non-hydrogen) atoms. The lowest BCUT2D eigenvalue weighted by Gasteiger charge is -2.12. The van der Waals surface area contributed by atoms with Crippen LogP contribution in [0.3, 0.4) is 0 Å². The molecule has 0 unspecified atom stereocenters. The van der Waals surface area contributed by atoms with E-state index in [1.165, 1.54) is 24.5 Å². The molecule has 0 saturated heterocycles. The zero-order chi connectivity index (χ0) is 13.6. The highest BCUT2D eigenvalue weighted by Gasteiger charge is 2.42. The molecule has 0 saturated carbocycles. The van der Waals surface area contributed by atoms with Gasteiger partial charge in [-0.3, -0.25) is 4.79 Å². The van der Waals surface area contributed by atoms with Gasteiger partial charge in [-0.1, -0.05) is 11.6 Å². The first-order valence-electron chi connectivity index (χ1n) is 5.12. The maximum Gasteiger partial charge on any atom is 0.285 e. The van der Waals surface area contributed by atoms with Crippen molar-refractivity contribution >= 4 is 38.9 Å². The number of hydrogen-bond donors (Lipinski definition) is 0. The number of hydrogen-bond acceptors (Lipinski definition) is 6. The Morgan fingerprint density at radius 3 is 2.79 bits per heavy atom. The first-order valence-corrected chi connectivity index (χ1v) is 7.76. The number of nitrogens with zero attached hydrogens (tertiary/aromatic N) is 3. The lowest BCUT2D eigenvalue weighted by atomic mass is 10.3. The maximum absolute atomic E-state index is 12.2. The van der Waals surface area contributed by atoms with E-state index >= 15 is 0 Å². The van der Waals surface area contributed by atoms with Crippen LogP contribution in [0, 0.1) is 0 Å².